The molecular formula is C21H26N2O3. The summed E-state index contributed by atoms with van der Waals surface area (Å²) in [5.74, 6) is 0.683. The van der Waals surface area contributed by atoms with Crippen LogP contribution in [0, 0.1) is 0 Å². The Morgan fingerprint density at radius 2 is 2.08 bits per heavy atom. The molecule has 1 unspecified atom stereocenters. The quantitative estimate of drug-likeness (QED) is 0.801. The maximum Gasteiger partial charge on any atom is 0.251 e. The molecule has 0 aliphatic carbocycles. The van der Waals surface area contributed by atoms with Crippen LogP contribution in [-0.2, 0) is 11.2 Å². The number of carbonyl (C=O) groups is 1. The van der Waals surface area contributed by atoms with Crippen molar-refractivity contribution in [2.45, 2.75) is 25.8 Å². The van der Waals surface area contributed by atoms with E-state index >= 15 is 0 Å². The van der Waals surface area contributed by atoms with Crippen molar-refractivity contribution < 1.29 is 14.3 Å². The average Bonchev–Trinajstić information content (AvgIpc) is 2.66. The molecule has 2 aromatic rings. The first-order valence-corrected chi connectivity index (χ1v) is 9.04. The van der Waals surface area contributed by atoms with Crippen LogP contribution in [0.2, 0.25) is 0 Å². The molecule has 1 atom stereocenters. The minimum atomic E-state index is -0.300. The van der Waals surface area contributed by atoms with Gasteiger partial charge in [0.1, 0.15) is 12.4 Å². The molecule has 1 aliphatic heterocycles. The highest BCUT2D eigenvalue weighted by Gasteiger charge is 2.31. The van der Waals surface area contributed by atoms with Gasteiger partial charge in [0.05, 0.1) is 17.8 Å². The van der Waals surface area contributed by atoms with Crippen molar-refractivity contribution in [3.8, 4) is 5.75 Å². The predicted octanol–water partition coefficient (Wildman–Crippen LogP) is 3.26. The van der Waals surface area contributed by atoms with Crippen molar-refractivity contribution >= 4 is 11.6 Å². The van der Waals surface area contributed by atoms with Crippen molar-refractivity contribution in [2.24, 2.45) is 0 Å². The van der Waals surface area contributed by atoms with Crippen LogP contribution in [0.1, 0.15) is 29.8 Å². The maximum atomic E-state index is 12.4. The summed E-state index contributed by atoms with van der Waals surface area (Å²) in [5, 5.41) is 6.43. The smallest absolute Gasteiger partial charge is 0.251 e. The van der Waals surface area contributed by atoms with Gasteiger partial charge in [-0.2, -0.15) is 0 Å². The van der Waals surface area contributed by atoms with E-state index in [-0.39, 0.29) is 11.4 Å². The Balaban J connectivity index is 1.61. The molecule has 3 rings (SSSR count). The molecule has 138 valence electrons. The first-order valence-electron chi connectivity index (χ1n) is 9.04. The van der Waals surface area contributed by atoms with Crippen molar-refractivity contribution in [2.75, 3.05) is 31.7 Å². The van der Waals surface area contributed by atoms with E-state index in [9.17, 15) is 4.79 Å². The largest absolute Gasteiger partial charge is 0.489 e. The van der Waals surface area contributed by atoms with Crippen LogP contribution in [0.5, 0.6) is 5.75 Å². The number of fused-ring (bicyclic) bond motifs is 1. The van der Waals surface area contributed by atoms with E-state index in [0.717, 1.165) is 17.9 Å². The number of rotatable bonds is 7. The summed E-state index contributed by atoms with van der Waals surface area (Å²) in [6.45, 7) is 6.37. The fraction of sp³-hybridized carbons (Fsp3) is 0.381. The highest BCUT2D eigenvalue weighted by molar-refractivity contribution is 5.95. The van der Waals surface area contributed by atoms with Gasteiger partial charge in [0, 0.05) is 18.7 Å². The van der Waals surface area contributed by atoms with Gasteiger partial charge in [-0.1, -0.05) is 30.3 Å². The number of amides is 1. The van der Waals surface area contributed by atoms with Gasteiger partial charge >= 0.3 is 0 Å². The first-order chi connectivity index (χ1) is 12.6. The summed E-state index contributed by atoms with van der Waals surface area (Å²) < 4.78 is 11.4. The molecule has 1 aliphatic rings. The normalized spacial score (nSPS) is 18.4. The van der Waals surface area contributed by atoms with Gasteiger partial charge in [0.2, 0.25) is 0 Å². The molecule has 0 fully saturated rings. The second-order valence-electron chi connectivity index (χ2n) is 6.81. The SMILES string of the molecule is CCOCC1(C)COc2ccc(C(=O)NCCc3ccccc3)cc2N1. The second kappa shape index (κ2) is 8.23. The Bertz CT molecular complexity index is 748. The lowest BCUT2D eigenvalue weighted by Gasteiger charge is -2.36. The summed E-state index contributed by atoms with van der Waals surface area (Å²) in [5.41, 5.74) is 2.36. The fourth-order valence-electron chi connectivity index (χ4n) is 2.97. The summed E-state index contributed by atoms with van der Waals surface area (Å²) in [6.07, 6.45) is 0.811. The van der Waals surface area contributed by atoms with Crippen LogP contribution >= 0.6 is 0 Å². The zero-order valence-corrected chi connectivity index (χ0v) is 15.4. The first kappa shape index (κ1) is 18.3. The van der Waals surface area contributed by atoms with Crippen LogP contribution in [0.15, 0.2) is 48.5 Å². The van der Waals surface area contributed by atoms with Crippen LogP contribution in [-0.4, -0.2) is 37.8 Å². The minimum Gasteiger partial charge on any atom is -0.489 e. The zero-order valence-electron chi connectivity index (χ0n) is 15.4. The Morgan fingerprint density at radius 3 is 2.85 bits per heavy atom. The van der Waals surface area contributed by atoms with E-state index in [4.69, 9.17) is 9.47 Å². The van der Waals surface area contributed by atoms with E-state index in [1.165, 1.54) is 5.56 Å². The van der Waals surface area contributed by atoms with E-state index in [0.29, 0.717) is 31.9 Å². The van der Waals surface area contributed by atoms with Gasteiger partial charge in [-0.05, 0) is 44.0 Å². The van der Waals surface area contributed by atoms with Gasteiger partial charge in [-0.3, -0.25) is 4.79 Å². The number of benzene rings is 2. The van der Waals surface area contributed by atoms with Crippen molar-refractivity contribution in [1.29, 1.82) is 0 Å². The monoisotopic (exact) mass is 354 g/mol. The Kier molecular flexibility index (Phi) is 5.78. The molecule has 0 bridgehead atoms. The van der Waals surface area contributed by atoms with Gasteiger partial charge in [-0.25, -0.2) is 0 Å². The summed E-state index contributed by atoms with van der Waals surface area (Å²) in [6, 6.07) is 15.6. The molecule has 5 heteroatoms. The molecule has 0 saturated heterocycles. The van der Waals surface area contributed by atoms with Gasteiger partial charge in [0.15, 0.2) is 0 Å². The number of hydrogen-bond donors (Lipinski definition) is 2. The van der Waals surface area contributed by atoms with Crippen LogP contribution in [0.25, 0.3) is 0 Å². The molecular weight excluding hydrogens is 328 g/mol. The Morgan fingerprint density at radius 1 is 1.27 bits per heavy atom. The summed E-state index contributed by atoms with van der Waals surface area (Å²) in [7, 11) is 0. The second-order valence-corrected chi connectivity index (χ2v) is 6.81. The number of nitrogens with one attached hydrogen (secondary N) is 2. The predicted molar refractivity (Wildman–Crippen MR) is 103 cm³/mol. The molecule has 5 nitrogen and oxygen atoms in total. The molecule has 1 amide bonds. The molecule has 0 saturated carbocycles. The molecule has 0 spiro atoms. The third-order valence-electron chi connectivity index (χ3n) is 4.39. The molecule has 2 aromatic carbocycles. The maximum absolute atomic E-state index is 12.4. The average molecular weight is 354 g/mol. The number of hydrogen-bond acceptors (Lipinski definition) is 4. The van der Waals surface area contributed by atoms with Crippen LogP contribution in [0.3, 0.4) is 0 Å². The lowest BCUT2D eigenvalue weighted by atomic mass is 10.0. The standard InChI is InChI=1S/C21H26N2O3/c1-3-25-14-21(2)15-26-19-10-9-17(13-18(19)23-21)20(24)22-12-11-16-7-5-4-6-8-16/h4-10,13,23H,3,11-12,14-15H2,1-2H3,(H,22,24). The summed E-state index contributed by atoms with van der Waals surface area (Å²) >= 11 is 0. The zero-order chi connectivity index (χ0) is 18.4. The van der Waals surface area contributed by atoms with Crippen molar-refractivity contribution in [3.63, 3.8) is 0 Å². The minimum absolute atomic E-state index is 0.0809. The Labute approximate surface area is 154 Å². The molecule has 2 N–H and O–H groups in total. The fourth-order valence-corrected chi connectivity index (χ4v) is 2.97. The van der Waals surface area contributed by atoms with Crippen molar-refractivity contribution in [1.82, 2.24) is 5.32 Å². The van der Waals surface area contributed by atoms with Crippen LogP contribution in [0.4, 0.5) is 5.69 Å². The number of ether oxygens (including phenoxy) is 2. The van der Waals surface area contributed by atoms with Gasteiger partial charge in [-0.15, -0.1) is 0 Å². The number of anilines is 1. The number of carbonyl (C=O) groups excluding carboxylic acids is 1. The van der Waals surface area contributed by atoms with E-state index in [1.54, 1.807) is 6.07 Å². The topological polar surface area (TPSA) is 59.6 Å². The third-order valence-corrected chi connectivity index (χ3v) is 4.39. The van der Waals surface area contributed by atoms with Crippen LogP contribution < -0.4 is 15.4 Å². The highest BCUT2D eigenvalue weighted by Crippen LogP contribution is 2.33. The lowest BCUT2D eigenvalue weighted by molar-refractivity contribution is 0.0807. The highest BCUT2D eigenvalue weighted by atomic mass is 16.5. The van der Waals surface area contributed by atoms with E-state index in [2.05, 4.69) is 29.7 Å². The molecule has 0 radical (unpaired) electrons. The third kappa shape index (κ3) is 4.55. The van der Waals surface area contributed by atoms with E-state index in [1.807, 2.05) is 37.3 Å². The Hall–Kier alpha value is -2.53. The van der Waals surface area contributed by atoms with E-state index < -0.39 is 0 Å². The molecule has 1 heterocycles. The van der Waals surface area contributed by atoms with Gasteiger partial charge < -0.3 is 20.1 Å². The van der Waals surface area contributed by atoms with Crippen molar-refractivity contribution in [3.05, 3.63) is 59.7 Å². The summed E-state index contributed by atoms with van der Waals surface area (Å²) in [4.78, 5) is 12.4. The van der Waals surface area contributed by atoms with Gasteiger partial charge in [0.25, 0.3) is 5.91 Å². The molecule has 0 aromatic heterocycles. The molecule has 26 heavy (non-hydrogen) atoms. The lowest BCUT2D eigenvalue weighted by Crippen LogP contribution is -2.48.